The number of pyridine rings is 1. The lowest BCUT2D eigenvalue weighted by Gasteiger charge is -2.32. The third-order valence-corrected chi connectivity index (χ3v) is 6.71. The van der Waals surface area contributed by atoms with Crippen molar-refractivity contribution in [1.82, 2.24) is 19.9 Å². The molecule has 4 heterocycles. The smallest absolute Gasteiger partial charge is 0.326 e. The van der Waals surface area contributed by atoms with Crippen LogP contribution in [0.5, 0.6) is 0 Å². The van der Waals surface area contributed by atoms with Gasteiger partial charge in [-0.3, -0.25) is 4.90 Å². The number of hydrogen-bond acceptors (Lipinski definition) is 8. The predicted molar refractivity (Wildman–Crippen MR) is 135 cm³/mol. The van der Waals surface area contributed by atoms with Crippen molar-refractivity contribution >= 4 is 28.5 Å². The molecular weight excluding hydrogens is 444 g/mol. The van der Waals surface area contributed by atoms with Crippen molar-refractivity contribution in [2.75, 3.05) is 36.9 Å². The number of hydrogen-bond donors (Lipinski definition) is 3. The Kier molecular flexibility index (Phi) is 7.34. The highest BCUT2D eigenvalue weighted by molar-refractivity contribution is 5.90. The zero-order valence-corrected chi connectivity index (χ0v) is 19.8. The molecule has 3 aromatic rings. The number of rotatable bonds is 9. The number of nitrogens with zero attached hydrogens (tertiary/aromatic N) is 4. The van der Waals surface area contributed by atoms with Crippen molar-refractivity contribution in [1.29, 1.82) is 0 Å². The molecule has 0 spiro atoms. The second-order valence-corrected chi connectivity index (χ2v) is 9.27. The maximum atomic E-state index is 11.9. The van der Waals surface area contributed by atoms with E-state index in [1.54, 1.807) is 0 Å². The molecule has 0 aliphatic carbocycles. The molecule has 2 aromatic heterocycles. The quantitative estimate of drug-likeness (QED) is 0.428. The third-order valence-electron chi connectivity index (χ3n) is 6.71. The molecule has 0 radical (unpaired) electrons. The van der Waals surface area contributed by atoms with Crippen molar-refractivity contribution < 1.29 is 14.6 Å². The van der Waals surface area contributed by atoms with Gasteiger partial charge in [0.25, 0.3) is 0 Å². The number of aryl methyl sites for hydroxylation is 1. The standard InChI is InChI=1S/C26H32N6O3/c33-26(34)23(31-25-21-7-1-2-8-22(21)28-17-29-25)11-14-35-20-6-4-13-32(16-20)15-19-10-9-18-5-3-12-27-24(18)30-19/h1-2,7-10,17,20,23H,3-6,11-16H2,(H,27,30)(H,33,34)(H,28,29,31)/t20-,23+/m1/s1. The van der Waals surface area contributed by atoms with Gasteiger partial charge >= 0.3 is 5.97 Å². The fraction of sp³-hybridized carbons (Fsp3) is 0.462. The normalized spacial score (nSPS) is 19.0. The first-order chi connectivity index (χ1) is 17.2. The molecule has 1 saturated heterocycles. The zero-order chi connectivity index (χ0) is 24.0. The molecule has 9 heteroatoms. The van der Waals surface area contributed by atoms with Gasteiger partial charge in [-0.1, -0.05) is 18.2 Å². The lowest BCUT2D eigenvalue weighted by atomic mass is 10.1. The Bertz CT molecular complexity index is 1170. The van der Waals surface area contributed by atoms with Crippen molar-refractivity contribution in [2.45, 2.75) is 50.8 Å². The van der Waals surface area contributed by atoms with E-state index in [2.05, 4.69) is 37.6 Å². The summed E-state index contributed by atoms with van der Waals surface area (Å²) < 4.78 is 6.14. The first kappa shape index (κ1) is 23.4. The largest absolute Gasteiger partial charge is 0.480 e. The van der Waals surface area contributed by atoms with Gasteiger partial charge in [-0.05, 0) is 56.0 Å². The maximum absolute atomic E-state index is 11.9. The van der Waals surface area contributed by atoms with Gasteiger partial charge < -0.3 is 20.5 Å². The summed E-state index contributed by atoms with van der Waals surface area (Å²) in [7, 11) is 0. The average molecular weight is 477 g/mol. The van der Waals surface area contributed by atoms with E-state index < -0.39 is 12.0 Å². The van der Waals surface area contributed by atoms with Crippen LogP contribution in [0.25, 0.3) is 10.9 Å². The molecule has 184 valence electrons. The molecule has 0 unspecified atom stereocenters. The minimum atomic E-state index is -0.923. The maximum Gasteiger partial charge on any atom is 0.326 e. The minimum absolute atomic E-state index is 0.0915. The number of aliphatic carboxylic acids is 1. The SMILES string of the molecule is O=C(O)[C@H](CCO[C@@H]1CCCN(Cc2ccc3c(n2)NCCC3)C1)Nc1ncnc2ccccc12. The van der Waals surface area contributed by atoms with Crippen LogP contribution in [-0.2, 0) is 22.5 Å². The number of anilines is 2. The first-order valence-electron chi connectivity index (χ1n) is 12.4. The number of ether oxygens (including phenoxy) is 1. The monoisotopic (exact) mass is 476 g/mol. The summed E-state index contributed by atoms with van der Waals surface area (Å²) in [4.78, 5) is 27.6. The highest BCUT2D eigenvalue weighted by Crippen LogP contribution is 2.23. The van der Waals surface area contributed by atoms with E-state index in [0.29, 0.717) is 18.8 Å². The fourth-order valence-electron chi connectivity index (χ4n) is 4.87. The molecular formula is C26H32N6O3. The van der Waals surface area contributed by atoms with E-state index in [1.165, 1.54) is 11.9 Å². The van der Waals surface area contributed by atoms with E-state index in [0.717, 1.165) is 74.3 Å². The van der Waals surface area contributed by atoms with E-state index in [1.807, 2.05) is 24.3 Å². The Morgan fingerprint density at radius 3 is 3.06 bits per heavy atom. The second kappa shape index (κ2) is 11.0. The first-order valence-corrected chi connectivity index (χ1v) is 12.4. The van der Waals surface area contributed by atoms with E-state index >= 15 is 0 Å². The van der Waals surface area contributed by atoms with Gasteiger partial charge in [-0.2, -0.15) is 0 Å². The van der Waals surface area contributed by atoms with Crippen LogP contribution < -0.4 is 10.6 Å². The van der Waals surface area contributed by atoms with E-state index in [-0.39, 0.29) is 6.10 Å². The number of carbonyl (C=O) groups is 1. The van der Waals surface area contributed by atoms with Crippen LogP contribution in [0, 0.1) is 0 Å². The van der Waals surface area contributed by atoms with Crippen molar-refractivity contribution in [3.8, 4) is 0 Å². The zero-order valence-electron chi connectivity index (χ0n) is 19.8. The van der Waals surface area contributed by atoms with Crippen LogP contribution in [0.15, 0.2) is 42.7 Å². The van der Waals surface area contributed by atoms with Crippen molar-refractivity contribution in [2.24, 2.45) is 0 Å². The topological polar surface area (TPSA) is 112 Å². The number of nitrogens with one attached hydrogen (secondary N) is 2. The summed E-state index contributed by atoms with van der Waals surface area (Å²) in [6.45, 7) is 4.00. The average Bonchev–Trinajstić information content (AvgIpc) is 2.88. The number of carboxylic acid groups (broad SMARTS) is 1. The Labute approximate surface area is 204 Å². The van der Waals surface area contributed by atoms with Gasteiger partial charge in [-0.15, -0.1) is 0 Å². The van der Waals surface area contributed by atoms with Crippen LogP contribution in [0.2, 0.25) is 0 Å². The number of piperidine rings is 1. The van der Waals surface area contributed by atoms with Gasteiger partial charge in [0.05, 0.1) is 17.3 Å². The highest BCUT2D eigenvalue weighted by Gasteiger charge is 2.24. The van der Waals surface area contributed by atoms with Gasteiger partial charge in [0.1, 0.15) is 24.0 Å². The summed E-state index contributed by atoms with van der Waals surface area (Å²) >= 11 is 0. The van der Waals surface area contributed by atoms with E-state index in [9.17, 15) is 9.90 Å². The molecule has 3 N–H and O–H groups in total. The lowest BCUT2D eigenvalue weighted by molar-refractivity contribution is -0.138. The van der Waals surface area contributed by atoms with Gasteiger partial charge in [0.15, 0.2) is 0 Å². The van der Waals surface area contributed by atoms with Crippen LogP contribution in [0.4, 0.5) is 11.6 Å². The van der Waals surface area contributed by atoms with Gasteiger partial charge in [-0.25, -0.2) is 19.7 Å². The van der Waals surface area contributed by atoms with Gasteiger partial charge in [0.2, 0.25) is 0 Å². The van der Waals surface area contributed by atoms with Crippen LogP contribution in [0.1, 0.15) is 36.9 Å². The number of benzene rings is 1. The van der Waals surface area contributed by atoms with Crippen LogP contribution in [-0.4, -0.2) is 69.3 Å². The lowest BCUT2D eigenvalue weighted by Crippen LogP contribution is -2.40. The number of fused-ring (bicyclic) bond motifs is 2. The minimum Gasteiger partial charge on any atom is -0.480 e. The highest BCUT2D eigenvalue weighted by atomic mass is 16.5. The second-order valence-electron chi connectivity index (χ2n) is 9.27. The molecule has 0 bridgehead atoms. The molecule has 1 aromatic carbocycles. The molecule has 5 rings (SSSR count). The number of aromatic nitrogens is 3. The van der Waals surface area contributed by atoms with Gasteiger partial charge in [0, 0.05) is 38.0 Å². The third kappa shape index (κ3) is 5.86. The summed E-state index contributed by atoms with van der Waals surface area (Å²) in [5, 5.41) is 17.0. The molecule has 2 atom stereocenters. The van der Waals surface area contributed by atoms with Crippen molar-refractivity contribution in [3.63, 3.8) is 0 Å². The Hall–Kier alpha value is -3.30. The molecule has 9 nitrogen and oxygen atoms in total. The summed E-state index contributed by atoms with van der Waals surface area (Å²) in [6.07, 6.45) is 6.18. The number of carboxylic acids is 1. The summed E-state index contributed by atoms with van der Waals surface area (Å²) in [6, 6.07) is 11.1. The molecule has 2 aliphatic heterocycles. The van der Waals surface area contributed by atoms with Crippen LogP contribution in [0.3, 0.4) is 0 Å². The molecule has 2 aliphatic rings. The fourth-order valence-corrected chi connectivity index (χ4v) is 4.87. The Balaban J connectivity index is 1.13. The number of likely N-dealkylation sites (tertiary alicyclic amines) is 1. The Morgan fingerprint density at radius 1 is 1.23 bits per heavy atom. The summed E-state index contributed by atoms with van der Waals surface area (Å²) in [5.41, 5.74) is 3.15. The summed E-state index contributed by atoms with van der Waals surface area (Å²) in [5.74, 6) is 0.634. The molecule has 1 fully saturated rings. The van der Waals surface area contributed by atoms with Crippen LogP contribution >= 0.6 is 0 Å². The molecule has 35 heavy (non-hydrogen) atoms. The Morgan fingerprint density at radius 2 is 2.14 bits per heavy atom. The van der Waals surface area contributed by atoms with Crippen molar-refractivity contribution in [3.05, 3.63) is 54.0 Å². The number of para-hydroxylation sites is 1. The molecule has 0 amide bonds. The van der Waals surface area contributed by atoms with E-state index in [4.69, 9.17) is 9.72 Å². The predicted octanol–water partition coefficient (Wildman–Crippen LogP) is 3.32. The molecule has 0 saturated carbocycles.